The average molecular weight is 439 g/mol. The fraction of sp³-hybridized carbons (Fsp3) is 0.462. The van der Waals surface area contributed by atoms with Crippen LogP contribution in [0.2, 0.25) is 0 Å². The topological polar surface area (TPSA) is 78.9 Å². The molecule has 1 aliphatic rings. The number of hydrogen-bond acceptors (Lipinski definition) is 4. The zero-order chi connectivity index (χ0) is 23.4. The van der Waals surface area contributed by atoms with Crippen molar-refractivity contribution in [3.05, 3.63) is 65.7 Å². The van der Waals surface area contributed by atoms with Gasteiger partial charge in [0.25, 0.3) is 5.91 Å². The molecule has 1 saturated heterocycles. The molecule has 2 N–H and O–H groups in total. The van der Waals surface area contributed by atoms with E-state index in [-0.39, 0.29) is 24.5 Å². The molecule has 1 fully saturated rings. The molecule has 3 amide bonds. The van der Waals surface area contributed by atoms with E-state index in [2.05, 4.69) is 26.1 Å². The zero-order valence-corrected chi connectivity index (χ0v) is 19.4. The molecule has 2 atom stereocenters. The smallest absolute Gasteiger partial charge is 0.325 e. The third-order valence-electron chi connectivity index (χ3n) is 5.90. The van der Waals surface area contributed by atoms with Crippen molar-refractivity contribution in [3.8, 4) is 5.75 Å². The molecule has 0 aromatic heterocycles. The molecule has 32 heavy (non-hydrogen) atoms. The summed E-state index contributed by atoms with van der Waals surface area (Å²) in [6.07, 6.45) is 1.22. The number of benzene rings is 2. The number of urea groups is 1. The fourth-order valence-electron chi connectivity index (χ4n) is 3.97. The fourth-order valence-corrected chi connectivity index (χ4v) is 3.97. The van der Waals surface area contributed by atoms with E-state index in [1.54, 1.807) is 0 Å². The quantitative estimate of drug-likeness (QED) is 0.570. The van der Waals surface area contributed by atoms with Gasteiger partial charge in [-0.1, -0.05) is 83.0 Å². The van der Waals surface area contributed by atoms with Gasteiger partial charge < -0.3 is 15.2 Å². The summed E-state index contributed by atoms with van der Waals surface area (Å²) in [6.45, 7) is 8.33. The molecule has 2 aromatic rings. The second-order valence-corrected chi connectivity index (χ2v) is 9.46. The number of imide groups is 1. The lowest BCUT2D eigenvalue weighted by Gasteiger charge is -2.27. The van der Waals surface area contributed by atoms with E-state index < -0.39 is 17.7 Å². The largest absolute Gasteiger partial charge is 0.491 e. The van der Waals surface area contributed by atoms with Gasteiger partial charge in [-0.2, -0.15) is 0 Å². The Morgan fingerprint density at radius 3 is 2.31 bits per heavy atom. The van der Waals surface area contributed by atoms with Crippen LogP contribution in [0, 0.1) is 0 Å². The lowest BCUT2D eigenvalue weighted by Crippen LogP contribution is -2.45. The first kappa shape index (κ1) is 23.8. The predicted octanol–water partition coefficient (Wildman–Crippen LogP) is 4.36. The minimum Gasteiger partial charge on any atom is -0.491 e. The number of ether oxygens (including phenoxy) is 1. The molecule has 0 saturated carbocycles. The van der Waals surface area contributed by atoms with Crippen LogP contribution >= 0.6 is 0 Å². The second kappa shape index (κ2) is 9.74. The zero-order valence-electron chi connectivity index (χ0n) is 19.4. The summed E-state index contributed by atoms with van der Waals surface area (Å²) in [5, 5.41) is 13.4. The Balaban J connectivity index is 1.66. The molecule has 0 bridgehead atoms. The van der Waals surface area contributed by atoms with Gasteiger partial charge in [0.15, 0.2) is 0 Å². The van der Waals surface area contributed by atoms with Crippen LogP contribution in [0.25, 0.3) is 0 Å². The Kier molecular flexibility index (Phi) is 7.24. The van der Waals surface area contributed by atoms with E-state index in [9.17, 15) is 14.7 Å². The number of nitrogens with zero attached hydrogens (tertiary/aromatic N) is 1. The highest BCUT2D eigenvalue weighted by Crippen LogP contribution is 2.34. The number of carbonyl (C=O) groups is 2. The van der Waals surface area contributed by atoms with Gasteiger partial charge in [0.1, 0.15) is 24.0 Å². The second-order valence-electron chi connectivity index (χ2n) is 9.46. The highest BCUT2D eigenvalue weighted by molar-refractivity contribution is 6.07. The first-order chi connectivity index (χ1) is 15.2. The van der Waals surface area contributed by atoms with Gasteiger partial charge >= 0.3 is 6.03 Å². The van der Waals surface area contributed by atoms with Crippen LogP contribution in [-0.4, -0.2) is 41.2 Å². The Hall–Kier alpha value is -2.86. The standard InChI is InChI=1S/C26H34N2O4/c1-5-6-16-26(20-10-8-7-9-11-20)23(30)28(24(31)27-26)17-21(29)18-32-22-14-12-19(13-15-22)25(2,3)4/h7-15,21,29H,5-6,16-18H2,1-4H3,(H,27,31). The van der Waals surface area contributed by atoms with Gasteiger partial charge in [-0.15, -0.1) is 0 Å². The number of aliphatic hydroxyl groups is 1. The van der Waals surface area contributed by atoms with Crippen molar-refractivity contribution in [1.82, 2.24) is 10.2 Å². The molecule has 2 unspecified atom stereocenters. The summed E-state index contributed by atoms with van der Waals surface area (Å²) in [7, 11) is 0. The number of amides is 3. The van der Waals surface area contributed by atoms with Crippen LogP contribution in [0.4, 0.5) is 4.79 Å². The van der Waals surface area contributed by atoms with E-state index in [0.29, 0.717) is 12.2 Å². The number of carbonyl (C=O) groups excluding carboxylic acids is 2. The molecule has 6 nitrogen and oxygen atoms in total. The Bertz CT molecular complexity index is 921. The van der Waals surface area contributed by atoms with Crippen LogP contribution in [-0.2, 0) is 15.7 Å². The average Bonchev–Trinajstić information content (AvgIpc) is 3.01. The molecule has 2 aromatic carbocycles. The van der Waals surface area contributed by atoms with Crippen LogP contribution in [0.3, 0.4) is 0 Å². The maximum atomic E-state index is 13.4. The number of nitrogens with one attached hydrogen (secondary N) is 1. The highest BCUT2D eigenvalue weighted by Gasteiger charge is 2.52. The third kappa shape index (κ3) is 5.13. The molecular weight excluding hydrogens is 404 g/mol. The van der Waals surface area contributed by atoms with Gasteiger partial charge in [-0.3, -0.25) is 9.69 Å². The van der Waals surface area contributed by atoms with Crippen LogP contribution in [0.15, 0.2) is 54.6 Å². The van der Waals surface area contributed by atoms with Gasteiger partial charge in [0.05, 0.1) is 6.54 Å². The summed E-state index contributed by atoms with van der Waals surface area (Å²) in [5.41, 5.74) is 0.912. The first-order valence-corrected chi connectivity index (χ1v) is 11.3. The number of unbranched alkanes of at least 4 members (excludes halogenated alkanes) is 1. The molecule has 6 heteroatoms. The molecule has 1 heterocycles. The number of rotatable bonds is 9. The minimum atomic E-state index is -1.09. The van der Waals surface area contributed by atoms with Crippen molar-refractivity contribution < 1.29 is 19.4 Å². The van der Waals surface area contributed by atoms with Crippen molar-refractivity contribution in [2.45, 2.75) is 64.0 Å². The molecule has 1 aliphatic heterocycles. The van der Waals surface area contributed by atoms with Crippen molar-refractivity contribution in [1.29, 1.82) is 0 Å². The van der Waals surface area contributed by atoms with Gasteiger partial charge in [-0.05, 0) is 35.1 Å². The van der Waals surface area contributed by atoms with Crippen LogP contribution in [0.1, 0.15) is 58.1 Å². The summed E-state index contributed by atoms with van der Waals surface area (Å²) >= 11 is 0. The monoisotopic (exact) mass is 438 g/mol. The molecule has 172 valence electrons. The van der Waals surface area contributed by atoms with Crippen molar-refractivity contribution in [2.75, 3.05) is 13.2 Å². The Morgan fingerprint density at radius 1 is 1.06 bits per heavy atom. The van der Waals surface area contributed by atoms with Crippen molar-refractivity contribution >= 4 is 11.9 Å². The predicted molar refractivity (Wildman–Crippen MR) is 125 cm³/mol. The van der Waals surface area contributed by atoms with Gasteiger partial charge in [0.2, 0.25) is 0 Å². The number of β-amino-alcohol motifs (C(OH)–C–C–N with tert-alkyl or cyclic N) is 1. The van der Waals surface area contributed by atoms with Crippen LogP contribution in [0.5, 0.6) is 5.75 Å². The number of aliphatic hydroxyl groups excluding tert-OH is 1. The van der Waals surface area contributed by atoms with E-state index >= 15 is 0 Å². The lowest BCUT2D eigenvalue weighted by molar-refractivity contribution is -0.133. The van der Waals surface area contributed by atoms with E-state index in [1.807, 2.05) is 61.5 Å². The lowest BCUT2D eigenvalue weighted by atomic mass is 9.85. The molecule has 0 aliphatic carbocycles. The molecule has 3 rings (SSSR count). The van der Waals surface area contributed by atoms with E-state index in [4.69, 9.17) is 4.74 Å². The molecule has 0 radical (unpaired) electrons. The minimum absolute atomic E-state index is 0.0147. The summed E-state index contributed by atoms with van der Waals surface area (Å²) < 4.78 is 5.70. The maximum absolute atomic E-state index is 13.4. The van der Waals surface area contributed by atoms with Crippen molar-refractivity contribution in [3.63, 3.8) is 0 Å². The van der Waals surface area contributed by atoms with Gasteiger partial charge in [0, 0.05) is 0 Å². The maximum Gasteiger partial charge on any atom is 0.325 e. The van der Waals surface area contributed by atoms with E-state index in [0.717, 1.165) is 23.3 Å². The molecular formula is C26H34N2O4. The van der Waals surface area contributed by atoms with Crippen molar-refractivity contribution in [2.24, 2.45) is 0 Å². The summed E-state index contributed by atoms with van der Waals surface area (Å²) in [6, 6.07) is 16.6. The first-order valence-electron chi connectivity index (χ1n) is 11.3. The van der Waals surface area contributed by atoms with E-state index in [1.165, 1.54) is 5.56 Å². The Labute approximate surface area is 190 Å². The third-order valence-corrected chi connectivity index (χ3v) is 5.90. The molecule has 0 spiro atoms. The number of hydrogen-bond donors (Lipinski definition) is 2. The SMILES string of the molecule is CCCCC1(c2ccccc2)NC(=O)N(CC(O)COc2ccc(C(C)(C)C)cc2)C1=O. The van der Waals surface area contributed by atoms with Crippen LogP contribution < -0.4 is 10.1 Å². The summed E-state index contributed by atoms with van der Waals surface area (Å²) in [4.78, 5) is 27.2. The normalized spacial score (nSPS) is 19.7. The summed E-state index contributed by atoms with van der Waals surface area (Å²) in [5.74, 6) is 0.312. The highest BCUT2D eigenvalue weighted by atomic mass is 16.5. The Morgan fingerprint density at radius 2 is 1.72 bits per heavy atom. The van der Waals surface area contributed by atoms with Gasteiger partial charge in [-0.25, -0.2) is 4.79 Å².